The van der Waals surface area contributed by atoms with E-state index in [9.17, 15) is 14.4 Å². The first-order valence-corrected chi connectivity index (χ1v) is 10.4. The first-order chi connectivity index (χ1) is 16.0. The lowest BCUT2D eigenvalue weighted by Crippen LogP contribution is -2.20. The fourth-order valence-corrected chi connectivity index (χ4v) is 3.37. The van der Waals surface area contributed by atoms with Crippen molar-refractivity contribution in [2.75, 3.05) is 18.5 Å². The molecule has 3 aromatic carbocycles. The molecule has 1 heterocycles. The summed E-state index contributed by atoms with van der Waals surface area (Å²) in [5.41, 5.74) is 2.33. The van der Waals surface area contributed by atoms with Crippen molar-refractivity contribution in [2.45, 2.75) is 6.92 Å². The number of esters is 1. The van der Waals surface area contributed by atoms with Gasteiger partial charge in [0.05, 0.1) is 12.2 Å². The zero-order valence-electron chi connectivity index (χ0n) is 17.9. The highest BCUT2D eigenvalue weighted by Crippen LogP contribution is 2.29. The molecule has 33 heavy (non-hydrogen) atoms. The van der Waals surface area contributed by atoms with Gasteiger partial charge in [-0.25, -0.2) is 9.59 Å². The predicted octanol–water partition coefficient (Wildman–Crippen LogP) is 4.65. The second kappa shape index (κ2) is 9.82. The fraction of sp³-hybridized carbons (Fsp3) is 0.115. The van der Waals surface area contributed by atoms with Crippen LogP contribution in [-0.2, 0) is 9.53 Å². The van der Waals surface area contributed by atoms with Gasteiger partial charge in [-0.15, -0.1) is 0 Å². The van der Waals surface area contributed by atoms with Crippen molar-refractivity contribution in [1.82, 2.24) is 0 Å². The molecule has 4 rings (SSSR count). The Morgan fingerprint density at radius 3 is 2.55 bits per heavy atom. The third kappa shape index (κ3) is 5.27. The summed E-state index contributed by atoms with van der Waals surface area (Å²) in [6.45, 7) is 1.72. The Balaban J connectivity index is 1.47. The van der Waals surface area contributed by atoms with E-state index in [1.807, 2.05) is 30.3 Å². The van der Waals surface area contributed by atoms with Gasteiger partial charge in [0.25, 0.3) is 5.91 Å². The number of rotatable bonds is 7. The van der Waals surface area contributed by atoms with Gasteiger partial charge in [-0.05, 0) is 48.4 Å². The normalized spacial score (nSPS) is 10.6. The molecule has 1 amide bonds. The Hall–Kier alpha value is -4.39. The summed E-state index contributed by atoms with van der Waals surface area (Å²) in [4.78, 5) is 36.2. The molecule has 7 nitrogen and oxygen atoms in total. The highest BCUT2D eigenvalue weighted by atomic mass is 16.5. The first kappa shape index (κ1) is 21.8. The van der Waals surface area contributed by atoms with Crippen LogP contribution in [0.25, 0.3) is 22.1 Å². The second-order valence-corrected chi connectivity index (χ2v) is 7.14. The molecular weight excluding hydrogens is 422 g/mol. The van der Waals surface area contributed by atoms with E-state index in [-0.39, 0.29) is 13.2 Å². The van der Waals surface area contributed by atoms with Crippen LogP contribution in [0.5, 0.6) is 5.75 Å². The zero-order valence-corrected chi connectivity index (χ0v) is 17.9. The number of ether oxygens (including phenoxy) is 2. The van der Waals surface area contributed by atoms with Crippen molar-refractivity contribution >= 4 is 28.5 Å². The van der Waals surface area contributed by atoms with E-state index in [4.69, 9.17) is 13.9 Å². The molecule has 4 aromatic rings. The van der Waals surface area contributed by atoms with Gasteiger partial charge in [-0.1, -0.05) is 36.4 Å². The van der Waals surface area contributed by atoms with Gasteiger partial charge in [0.2, 0.25) is 0 Å². The van der Waals surface area contributed by atoms with E-state index in [0.717, 1.165) is 16.5 Å². The van der Waals surface area contributed by atoms with E-state index in [2.05, 4.69) is 5.32 Å². The summed E-state index contributed by atoms with van der Waals surface area (Å²) in [6.07, 6.45) is 0. The molecule has 0 fully saturated rings. The molecule has 0 unspecified atom stereocenters. The van der Waals surface area contributed by atoms with Crippen molar-refractivity contribution in [1.29, 1.82) is 0 Å². The third-order valence-electron chi connectivity index (χ3n) is 4.83. The smallest absolute Gasteiger partial charge is 0.338 e. The number of hydrogen-bond donors (Lipinski definition) is 1. The van der Waals surface area contributed by atoms with Crippen molar-refractivity contribution in [3.63, 3.8) is 0 Å². The summed E-state index contributed by atoms with van der Waals surface area (Å²) >= 11 is 0. The topological polar surface area (TPSA) is 94.8 Å². The number of amides is 1. The van der Waals surface area contributed by atoms with Crippen molar-refractivity contribution in [2.24, 2.45) is 0 Å². The van der Waals surface area contributed by atoms with Gasteiger partial charge in [-0.2, -0.15) is 0 Å². The minimum Gasteiger partial charge on any atom is -0.484 e. The molecule has 0 aliphatic carbocycles. The number of hydrogen-bond acceptors (Lipinski definition) is 6. The maximum Gasteiger partial charge on any atom is 0.338 e. The number of fused-ring (bicyclic) bond motifs is 1. The van der Waals surface area contributed by atoms with Gasteiger partial charge in [0.15, 0.2) is 6.61 Å². The number of benzene rings is 3. The monoisotopic (exact) mass is 443 g/mol. The molecule has 1 aromatic heterocycles. The SMILES string of the molecule is CCOC(=O)c1cccc(NC(=O)COc2ccc3c(-c4ccccc4)cc(=O)oc3c2)c1. The molecule has 0 aliphatic heterocycles. The standard InChI is InChI=1S/C26H21NO6/c1-2-31-26(30)18-9-6-10-19(13-18)27-24(28)16-32-20-11-12-21-22(17-7-4-3-5-8-17)15-25(29)33-23(21)14-20/h3-15H,2,16H2,1H3,(H,27,28). The van der Waals surface area contributed by atoms with Crippen molar-refractivity contribution < 1.29 is 23.5 Å². The predicted molar refractivity (Wildman–Crippen MR) is 124 cm³/mol. The average molecular weight is 443 g/mol. The van der Waals surface area contributed by atoms with Gasteiger partial charge in [0.1, 0.15) is 11.3 Å². The highest BCUT2D eigenvalue weighted by molar-refractivity contribution is 5.96. The van der Waals surface area contributed by atoms with E-state index < -0.39 is 17.5 Å². The lowest BCUT2D eigenvalue weighted by molar-refractivity contribution is -0.118. The Morgan fingerprint density at radius 2 is 1.76 bits per heavy atom. The number of carbonyl (C=O) groups excluding carboxylic acids is 2. The first-order valence-electron chi connectivity index (χ1n) is 10.4. The quantitative estimate of drug-likeness (QED) is 0.330. The molecule has 0 aliphatic rings. The summed E-state index contributed by atoms with van der Waals surface area (Å²) < 4.78 is 15.9. The van der Waals surface area contributed by atoms with Gasteiger partial charge in [-0.3, -0.25) is 4.79 Å². The van der Waals surface area contributed by atoms with Crippen LogP contribution in [-0.4, -0.2) is 25.1 Å². The largest absolute Gasteiger partial charge is 0.484 e. The Morgan fingerprint density at radius 1 is 0.939 bits per heavy atom. The highest BCUT2D eigenvalue weighted by Gasteiger charge is 2.11. The van der Waals surface area contributed by atoms with Crippen LogP contribution in [0.2, 0.25) is 0 Å². The summed E-state index contributed by atoms with van der Waals surface area (Å²) in [7, 11) is 0. The van der Waals surface area contributed by atoms with Gasteiger partial charge in [0, 0.05) is 23.2 Å². The van der Waals surface area contributed by atoms with Crippen LogP contribution in [0.4, 0.5) is 5.69 Å². The molecule has 0 atom stereocenters. The number of anilines is 1. The van der Waals surface area contributed by atoms with E-state index in [1.54, 1.807) is 43.3 Å². The minimum absolute atomic E-state index is 0.266. The molecule has 1 N–H and O–H groups in total. The Kier molecular flexibility index (Phi) is 6.50. The lowest BCUT2D eigenvalue weighted by atomic mass is 10.0. The number of nitrogens with one attached hydrogen (secondary N) is 1. The maximum atomic E-state index is 12.3. The molecule has 0 radical (unpaired) electrons. The zero-order chi connectivity index (χ0) is 23.2. The molecular formula is C26H21NO6. The van der Waals surface area contributed by atoms with Crippen LogP contribution >= 0.6 is 0 Å². The molecule has 7 heteroatoms. The Labute approximate surface area is 189 Å². The van der Waals surface area contributed by atoms with Crippen LogP contribution in [0.1, 0.15) is 17.3 Å². The summed E-state index contributed by atoms with van der Waals surface area (Å²) in [6, 6.07) is 22.5. The third-order valence-corrected chi connectivity index (χ3v) is 4.83. The molecule has 0 bridgehead atoms. The molecule has 0 saturated heterocycles. The van der Waals surface area contributed by atoms with Crippen molar-refractivity contribution in [3.05, 3.63) is 94.8 Å². The van der Waals surface area contributed by atoms with Crippen molar-refractivity contribution in [3.8, 4) is 16.9 Å². The van der Waals surface area contributed by atoms with E-state index in [0.29, 0.717) is 22.6 Å². The molecule has 0 spiro atoms. The molecule has 166 valence electrons. The fourth-order valence-electron chi connectivity index (χ4n) is 3.37. The van der Waals surface area contributed by atoms with E-state index >= 15 is 0 Å². The lowest BCUT2D eigenvalue weighted by Gasteiger charge is -2.10. The van der Waals surface area contributed by atoms with Crippen LogP contribution in [0.15, 0.2) is 88.1 Å². The maximum absolute atomic E-state index is 12.3. The van der Waals surface area contributed by atoms with E-state index in [1.165, 1.54) is 12.1 Å². The van der Waals surface area contributed by atoms with Gasteiger partial charge >= 0.3 is 11.6 Å². The van der Waals surface area contributed by atoms with Crippen LogP contribution < -0.4 is 15.7 Å². The van der Waals surface area contributed by atoms with Crippen LogP contribution in [0, 0.1) is 0 Å². The summed E-state index contributed by atoms with van der Waals surface area (Å²) in [5.74, 6) is -0.487. The minimum atomic E-state index is -0.474. The average Bonchev–Trinajstić information content (AvgIpc) is 2.83. The molecule has 0 saturated carbocycles. The Bertz CT molecular complexity index is 1360. The number of carbonyl (C=O) groups is 2. The van der Waals surface area contributed by atoms with Gasteiger partial charge < -0.3 is 19.2 Å². The summed E-state index contributed by atoms with van der Waals surface area (Å²) in [5, 5.41) is 3.44. The second-order valence-electron chi connectivity index (χ2n) is 7.14. The van der Waals surface area contributed by atoms with Crippen LogP contribution in [0.3, 0.4) is 0 Å².